The minimum atomic E-state index is -0.556. The molecule has 0 aliphatic heterocycles. The lowest BCUT2D eigenvalue weighted by molar-refractivity contribution is -0.150. The molecule has 1 atom stereocenters. The molecular formula is C16H24N2O3. The normalized spacial score (nSPS) is 12.0. The van der Waals surface area contributed by atoms with Gasteiger partial charge in [0.2, 0.25) is 5.91 Å². The first kappa shape index (κ1) is 17.2. The second-order valence-electron chi connectivity index (χ2n) is 4.92. The number of hydrogen-bond donors (Lipinski definition) is 0. The summed E-state index contributed by atoms with van der Waals surface area (Å²) in [6.07, 6.45) is 0. The van der Waals surface area contributed by atoms with Gasteiger partial charge in [0.25, 0.3) is 0 Å². The molecule has 21 heavy (non-hydrogen) atoms. The van der Waals surface area contributed by atoms with Crippen LogP contribution in [-0.2, 0) is 14.3 Å². The second-order valence-corrected chi connectivity index (χ2v) is 4.92. The van der Waals surface area contributed by atoms with Crippen LogP contribution in [0.5, 0.6) is 0 Å². The van der Waals surface area contributed by atoms with E-state index in [0.29, 0.717) is 13.2 Å². The first-order valence-electron chi connectivity index (χ1n) is 7.17. The van der Waals surface area contributed by atoms with Crippen molar-refractivity contribution in [2.75, 3.05) is 33.8 Å². The van der Waals surface area contributed by atoms with Gasteiger partial charge in [-0.3, -0.25) is 9.69 Å². The number of carbonyl (C=O) groups excluding carboxylic acids is 2. The number of nitrogens with zero attached hydrogens (tertiary/aromatic N) is 2. The molecule has 0 aromatic heterocycles. The Labute approximate surface area is 126 Å². The lowest BCUT2D eigenvalue weighted by Gasteiger charge is -2.29. The number of hydrogen-bond acceptors (Lipinski definition) is 4. The van der Waals surface area contributed by atoms with Gasteiger partial charge in [-0.2, -0.15) is 0 Å². The first-order valence-corrected chi connectivity index (χ1v) is 7.17. The number of rotatable bonds is 7. The van der Waals surface area contributed by atoms with Gasteiger partial charge in [0.05, 0.1) is 13.2 Å². The summed E-state index contributed by atoms with van der Waals surface area (Å²) in [6, 6.07) is 8.86. The third kappa shape index (κ3) is 4.86. The number of likely N-dealkylation sites (N-methyl/N-ethyl adjacent to an activating group) is 2. The van der Waals surface area contributed by atoms with Gasteiger partial charge in [-0.05, 0) is 19.0 Å². The molecule has 5 nitrogen and oxygen atoms in total. The zero-order valence-corrected chi connectivity index (χ0v) is 13.2. The summed E-state index contributed by atoms with van der Waals surface area (Å²) in [7, 11) is 3.41. The second kappa shape index (κ2) is 8.42. The van der Waals surface area contributed by atoms with Crippen molar-refractivity contribution in [2.24, 2.45) is 0 Å². The van der Waals surface area contributed by atoms with Crippen LogP contribution in [0.1, 0.15) is 25.5 Å². The highest BCUT2D eigenvalue weighted by atomic mass is 16.5. The zero-order valence-electron chi connectivity index (χ0n) is 13.2. The fourth-order valence-electron chi connectivity index (χ4n) is 2.05. The predicted octanol–water partition coefficient (Wildman–Crippen LogP) is 1.70. The van der Waals surface area contributed by atoms with Gasteiger partial charge < -0.3 is 9.64 Å². The maximum Gasteiger partial charge on any atom is 0.328 e. The molecule has 116 valence electrons. The molecule has 0 aliphatic rings. The van der Waals surface area contributed by atoms with Crippen molar-refractivity contribution in [3.8, 4) is 0 Å². The van der Waals surface area contributed by atoms with Crippen LogP contribution < -0.4 is 0 Å². The molecular weight excluding hydrogens is 268 g/mol. The maximum absolute atomic E-state index is 12.3. The van der Waals surface area contributed by atoms with E-state index in [1.807, 2.05) is 42.2 Å². The van der Waals surface area contributed by atoms with Crippen LogP contribution in [0.4, 0.5) is 0 Å². The molecule has 0 heterocycles. The van der Waals surface area contributed by atoms with E-state index in [4.69, 9.17) is 4.74 Å². The third-order valence-corrected chi connectivity index (χ3v) is 3.23. The van der Waals surface area contributed by atoms with Crippen LogP contribution in [-0.4, -0.2) is 55.5 Å². The number of carbonyl (C=O) groups is 2. The van der Waals surface area contributed by atoms with Gasteiger partial charge in [0.1, 0.15) is 6.04 Å². The Morgan fingerprint density at radius 3 is 2.24 bits per heavy atom. The van der Waals surface area contributed by atoms with Crippen molar-refractivity contribution in [3.63, 3.8) is 0 Å². The Morgan fingerprint density at radius 1 is 1.14 bits per heavy atom. The Hall–Kier alpha value is -1.88. The number of amides is 1. The van der Waals surface area contributed by atoms with E-state index in [2.05, 4.69) is 0 Å². The number of ether oxygens (including phenoxy) is 1. The smallest absolute Gasteiger partial charge is 0.328 e. The molecule has 0 bridgehead atoms. The van der Waals surface area contributed by atoms with E-state index < -0.39 is 6.04 Å². The largest absolute Gasteiger partial charge is 0.465 e. The van der Waals surface area contributed by atoms with E-state index in [1.165, 1.54) is 4.90 Å². The fourth-order valence-corrected chi connectivity index (χ4v) is 2.05. The van der Waals surface area contributed by atoms with Crippen LogP contribution in [0.3, 0.4) is 0 Å². The van der Waals surface area contributed by atoms with Crippen molar-refractivity contribution >= 4 is 11.9 Å². The van der Waals surface area contributed by atoms with Crippen LogP contribution in [0.15, 0.2) is 30.3 Å². The SMILES string of the molecule is CCOC(=O)C(c1ccccc1)N(CC)CC(=O)N(C)C. The average Bonchev–Trinajstić information content (AvgIpc) is 2.47. The average molecular weight is 292 g/mol. The molecule has 0 fully saturated rings. The Kier molecular flexibility index (Phi) is 6.88. The number of benzene rings is 1. The van der Waals surface area contributed by atoms with Gasteiger partial charge in [-0.15, -0.1) is 0 Å². The summed E-state index contributed by atoms with van der Waals surface area (Å²) < 4.78 is 5.18. The van der Waals surface area contributed by atoms with Crippen molar-refractivity contribution < 1.29 is 14.3 Å². The summed E-state index contributed by atoms with van der Waals surface area (Å²) in [5.74, 6) is -0.362. The van der Waals surface area contributed by atoms with Crippen LogP contribution >= 0.6 is 0 Å². The highest BCUT2D eigenvalue weighted by molar-refractivity contribution is 5.81. The zero-order chi connectivity index (χ0) is 15.8. The van der Waals surface area contributed by atoms with Gasteiger partial charge in [0, 0.05) is 14.1 Å². The molecule has 0 saturated carbocycles. The summed E-state index contributed by atoms with van der Waals surface area (Å²) >= 11 is 0. The molecule has 0 N–H and O–H groups in total. The molecule has 0 saturated heterocycles. The van der Waals surface area contributed by atoms with Gasteiger partial charge in [-0.1, -0.05) is 37.3 Å². The summed E-state index contributed by atoms with van der Waals surface area (Å²) in [4.78, 5) is 27.6. The quantitative estimate of drug-likeness (QED) is 0.718. The van der Waals surface area contributed by atoms with E-state index in [9.17, 15) is 9.59 Å². The van der Waals surface area contributed by atoms with Gasteiger partial charge in [-0.25, -0.2) is 4.79 Å². The monoisotopic (exact) mass is 292 g/mol. The van der Waals surface area contributed by atoms with Crippen molar-refractivity contribution in [1.29, 1.82) is 0 Å². The Balaban J connectivity index is 3.03. The highest BCUT2D eigenvalue weighted by Gasteiger charge is 2.29. The maximum atomic E-state index is 12.3. The van der Waals surface area contributed by atoms with E-state index in [-0.39, 0.29) is 18.4 Å². The molecule has 1 amide bonds. The lowest BCUT2D eigenvalue weighted by atomic mass is 10.1. The molecule has 5 heteroatoms. The van der Waals surface area contributed by atoms with E-state index >= 15 is 0 Å². The van der Waals surface area contributed by atoms with Gasteiger partial charge >= 0.3 is 5.97 Å². The first-order chi connectivity index (χ1) is 10.0. The standard InChI is InChI=1S/C16H24N2O3/c1-5-18(12-14(19)17(3)4)15(16(20)21-6-2)13-10-8-7-9-11-13/h7-11,15H,5-6,12H2,1-4H3. The van der Waals surface area contributed by atoms with Crippen molar-refractivity contribution in [2.45, 2.75) is 19.9 Å². The minimum absolute atomic E-state index is 0.0397. The Morgan fingerprint density at radius 2 is 1.76 bits per heavy atom. The molecule has 1 aromatic carbocycles. The molecule has 1 rings (SSSR count). The van der Waals surface area contributed by atoms with Crippen molar-refractivity contribution in [3.05, 3.63) is 35.9 Å². The molecule has 1 unspecified atom stereocenters. The van der Waals surface area contributed by atoms with Gasteiger partial charge in [0.15, 0.2) is 0 Å². The summed E-state index contributed by atoms with van der Waals surface area (Å²) in [5.41, 5.74) is 0.837. The highest BCUT2D eigenvalue weighted by Crippen LogP contribution is 2.22. The number of esters is 1. The Bertz CT molecular complexity index is 460. The molecule has 0 spiro atoms. The summed E-state index contributed by atoms with van der Waals surface area (Å²) in [6.45, 7) is 4.79. The topological polar surface area (TPSA) is 49.9 Å². The van der Waals surface area contributed by atoms with Crippen LogP contribution in [0.25, 0.3) is 0 Å². The van der Waals surface area contributed by atoms with Crippen LogP contribution in [0.2, 0.25) is 0 Å². The predicted molar refractivity (Wildman–Crippen MR) is 81.8 cm³/mol. The molecule has 0 aliphatic carbocycles. The molecule has 1 aromatic rings. The third-order valence-electron chi connectivity index (χ3n) is 3.23. The summed E-state index contributed by atoms with van der Waals surface area (Å²) in [5, 5.41) is 0. The minimum Gasteiger partial charge on any atom is -0.465 e. The fraction of sp³-hybridized carbons (Fsp3) is 0.500. The lowest BCUT2D eigenvalue weighted by Crippen LogP contribution is -2.42. The van der Waals surface area contributed by atoms with Crippen LogP contribution in [0, 0.1) is 0 Å². The van der Waals surface area contributed by atoms with E-state index in [0.717, 1.165) is 5.56 Å². The molecule has 0 radical (unpaired) electrons. The van der Waals surface area contributed by atoms with Crippen molar-refractivity contribution in [1.82, 2.24) is 9.80 Å². The van der Waals surface area contributed by atoms with E-state index in [1.54, 1.807) is 21.0 Å².